The molecule has 0 aliphatic heterocycles. The highest BCUT2D eigenvalue weighted by atomic mass is 16.3. The van der Waals surface area contributed by atoms with Crippen LogP contribution in [0.15, 0.2) is 211 Å². The van der Waals surface area contributed by atoms with Crippen LogP contribution in [-0.4, -0.2) is 9.97 Å². The van der Waals surface area contributed by atoms with Gasteiger partial charge in [-0.2, -0.15) is 0 Å². The largest absolute Gasteiger partial charge is 0.455 e. The third-order valence-electron chi connectivity index (χ3n) is 11.1. The number of rotatable bonds is 6. The van der Waals surface area contributed by atoms with Crippen molar-refractivity contribution in [1.82, 2.24) is 9.97 Å². The van der Waals surface area contributed by atoms with Gasteiger partial charge in [-0.1, -0.05) is 182 Å². The van der Waals surface area contributed by atoms with E-state index in [-0.39, 0.29) is 0 Å². The highest BCUT2D eigenvalue weighted by Gasteiger charge is 2.18. The van der Waals surface area contributed by atoms with Gasteiger partial charge in [-0.05, 0) is 68.2 Å². The molecule has 0 unspecified atom stereocenters. The fourth-order valence-corrected chi connectivity index (χ4v) is 8.21. The number of hydrogen-bond donors (Lipinski definition) is 0. The summed E-state index contributed by atoms with van der Waals surface area (Å²) in [6, 6.07) is 72.7. The van der Waals surface area contributed by atoms with Crippen molar-refractivity contribution in [3.05, 3.63) is 206 Å². The monoisotopic (exact) mass is 726 g/mol. The second-order valence-electron chi connectivity index (χ2n) is 14.5. The molecule has 0 spiro atoms. The van der Waals surface area contributed by atoms with E-state index in [1.165, 1.54) is 32.8 Å². The summed E-state index contributed by atoms with van der Waals surface area (Å²) in [5.74, 6) is 0.694. The summed E-state index contributed by atoms with van der Waals surface area (Å²) >= 11 is 0. The number of benzene rings is 9. The lowest BCUT2D eigenvalue weighted by atomic mass is 9.93. The van der Waals surface area contributed by atoms with E-state index in [4.69, 9.17) is 14.4 Å². The Hall–Kier alpha value is -7.62. The summed E-state index contributed by atoms with van der Waals surface area (Å²) in [7, 11) is 0. The normalized spacial score (nSPS) is 11.5. The molecule has 2 heterocycles. The van der Waals surface area contributed by atoms with Gasteiger partial charge in [0.2, 0.25) is 0 Å². The van der Waals surface area contributed by atoms with Gasteiger partial charge in [-0.25, -0.2) is 9.97 Å². The smallest absolute Gasteiger partial charge is 0.160 e. The fourth-order valence-electron chi connectivity index (χ4n) is 8.21. The third-order valence-corrected chi connectivity index (χ3v) is 11.1. The van der Waals surface area contributed by atoms with Gasteiger partial charge < -0.3 is 4.42 Å². The minimum Gasteiger partial charge on any atom is -0.455 e. The Bertz CT molecular complexity index is 3270. The molecule has 3 heteroatoms. The van der Waals surface area contributed by atoms with Gasteiger partial charge in [0.1, 0.15) is 11.2 Å². The van der Waals surface area contributed by atoms with E-state index in [0.29, 0.717) is 5.82 Å². The molecule has 0 atom stereocenters. The van der Waals surface area contributed by atoms with Crippen molar-refractivity contribution in [2.24, 2.45) is 0 Å². The molecule has 0 fully saturated rings. The Morgan fingerprint density at radius 1 is 0.281 bits per heavy atom. The first-order valence-corrected chi connectivity index (χ1v) is 19.3. The van der Waals surface area contributed by atoms with Crippen LogP contribution in [-0.2, 0) is 0 Å². The van der Waals surface area contributed by atoms with Crippen LogP contribution in [0, 0.1) is 0 Å². The van der Waals surface area contributed by atoms with E-state index < -0.39 is 0 Å². The molecule has 2 aromatic heterocycles. The molecule has 11 aromatic rings. The molecule has 11 rings (SSSR count). The second-order valence-corrected chi connectivity index (χ2v) is 14.5. The summed E-state index contributed by atoms with van der Waals surface area (Å²) in [5, 5.41) is 6.97. The van der Waals surface area contributed by atoms with Crippen molar-refractivity contribution >= 4 is 43.5 Å². The molecule has 3 nitrogen and oxygen atoms in total. The van der Waals surface area contributed by atoms with E-state index in [1.807, 2.05) is 24.3 Å². The molecule has 0 N–H and O–H groups in total. The standard InChI is InChI=1S/C54H34N2O/c1-3-13-35(14-4-1)41-19-11-20-43(32-41)51-34-50(55-54(56-51)39-16-5-2-6-17-39)38-28-26-37(27-29-38)44-23-12-24-47-49-33-48(42-30-25-36-15-7-8-18-40(36)31-42)45-21-9-10-22-46(45)53(49)57-52(44)47/h1-34H. The van der Waals surface area contributed by atoms with Crippen LogP contribution >= 0.6 is 0 Å². The van der Waals surface area contributed by atoms with Crippen LogP contribution in [0.3, 0.4) is 0 Å². The van der Waals surface area contributed by atoms with Crippen molar-refractivity contribution in [1.29, 1.82) is 0 Å². The predicted molar refractivity (Wildman–Crippen MR) is 237 cm³/mol. The van der Waals surface area contributed by atoms with Crippen LogP contribution in [0.5, 0.6) is 0 Å². The van der Waals surface area contributed by atoms with Gasteiger partial charge in [0.05, 0.1) is 11.4 Å². The minimum absolute atomic E-state index is 0.694. The highest BCUT2D eigenvalue weighted by molar-refractivity contribution is 6.21. The Balaban J connectivity index is 1.01. The maximum absolute atomic E-state index is 6.88. The van der Waals surface area contributed by atoms with Gasteiger partial charge in [-0.15, -0.1) is 0 Å². The molecular formula is C54H34N2O. The van der Waals surface area contributed by atoms with Gasteiger partial charge in [-0.3, -0.25) is 0 Å². The zero-order valence-electron chi connectivity index (χ0n) is 30.9. The summed E-state index contributed by atoms with van der Waals surface area (Å²) in [4.78, 5) is 10.2. The number of hydrogen-bond acceptors (Lipinski definition) is 3. The van der Waals surface area contributed by atoms with Crippen LogP contribution in [0.25, 0.3) is 111 Å². The fraction of sp³-hybridized carbons (Fsp3) is 0. The first-order valence-electron chi connectivity index (χ1n) is 19.3. The lowest BCUT2D eigenvalue weighted by Gasteiger charge is -2.11. The molecule has 0 aliphatic rings. The van der Waals surface area contributed by atoms with E-state index in [1.54, 1.807) is 0 Å². The molecule has 0 radical (unpaired) electrons. The van der Waals surface area contributed by atoms with Gasteiger partial charge in [0, 0.05) is 38.4 Å². The van der Waals surface area contributed by atoms with Crippen LogP contribution < -0.4 is 0 Å². The lowest BCUT2D eigenvalue weighted by molar-refractivity contribution is 0.674. The molecule has 0 saturated carbocycles. The van der Waals surface area contributed by atoms with E-state index in [0.717, 1.165) is 72.1 Å². The van der Waals surface area contributed by atoms with Gasteiger partial charge >= 0.3 is 0 Å². The predicted octanol–water partition coefficient (Wildman–Crippen LogP) is 14.7. The van der Waals surface area contributed by atoms with Crippen molar-refractivity contribution in [3.8, 4) is 67.3 Å². The van der Waals surface area contributed by atoms with Crippen LogP contribution in [0.1, 0.15) is 0 Å². The quantitative estimate of drug-likeness (QED) is 0.171. The average molecular weight is 727 g/mol. The van der Waals surface area contributed by atoms with Crippen molar-refractivity contribution in [3.63, 3.8) is 0 Å². The molecule has 266 valence electrons. The Labute approximate surface area is 330 Å². The molecular weight excluding hydrogens is 693 g/mol. The zero-order chi connectivity index (χ0) is 37.7. The Kier molecular flexibility index (Phi) is 7.82. The first kappa shape index (κ1) is 32.8. The lowest BCUT2D eigenvalue weighted by Crippen LogP contribution is -1.96. The number of para-hydroxylation sites is 1. The molecule has 0 saturated heterocycles. The maximum atomic E-state index is 6.88. The van der Waals surface area contributed by atoms with Crippen LogP contribution in [0.2, 0.25) is 0 Å². The van der Waals surface area contributed by atoms with E-state index in [2.05, 4.69) is 182 Å². The molecule has 0 bridgehead atoms. The van der Waals surface area contributed by atoms with Crippen molar-refractivity contribution in [2.45, 2.75) is 0 Å². The van der Waals surface area contributed by atoms with Gasteiger partial charge in [0.25, 0.3) is 0 Å². The number of nitrogens with zero attached hydrogens (tertiary/aromatic N) is 2. The van der Waals surface area contributed by atoms with Crippen molar-refractivity contribution in [2.75, 3.05) is 0 Å². The number of furan rings is 1. The second kappa shape index (κ2) is 13.6. The topological polar surface area (TPSA) is 38.9 Å². The zero-order valence-corrected chi connectivity index (χ0v) is 30.9. The summed E-state index contributed by atoms with van der Waals surface area (Å²) in [6.45, 7) is 0. The van der Waals surface area contributed by atoms with E-state index >= 15 is 0 Å². The average Bonchev–Trinajstić information content (AvgIpc) is 3.68. The number of aromatic nitrogens is 2. The third kappa shape index (κ3) is 5.85. The number of fused-ring (bicyclic) bond motifs is 6. The Morgan fingerprint density at radius 3 is 1.67 bits per heavy atom. The maximum Gasteiger partial charge on any atom is 0.160 e. The molecule has 57 heavy (non-hydrogen) atoms. The van der Waals surface area contributed by atoms with E-state index in [9.17, 15) is 0 Å². The highest BCUT2D eigenvalue weighted by Crippen LogP contribution is 2.43. The summed E-state index contributed by atoms with van der Waals surface area (Å²) in [6.07, 6.45) is 0. The Morgan fingerprint density at radius 2 is 0.860 bits per heavy atom. The van der Waals surface area contributed by atoms with Crippen LogP contribution in [0.4, 0.5) is 0 Å². The molecule has 0 amide bonds. The SMILES string of the molecule is c1ccc(-c2cccc(-c3cc(-c4ccc(-c5cccc6c5oc5c7ccccc7c(-c7ccc8ccccc8c7)cc65)cc4)nc(-c4ccccc4)n3)c2)cc1. The molecule has 0 aliphatic carbocycles. The van der Waals surface area contributed by atoms with Gasteiger partial charge in [0.15, 0.2) is 5.82 Å². The van der Waals surface area contributed by atoms with Crippen molar-refractivity contribution < 1.29 is 4.42 Å². The minimum atomic E-state index is 0.694. The molecule has 9 aromatic carbocycles. The summed E-state index contributed by atoms with van der Waals surface area (Å²) in [5.41, 5.74) is 13.4. The first-order chi connectivity index (χ1) is 28.2. The summed E-state index contributed by atoms with van der Waals surface area (Å²) < 4.78 is 6.88.